The average molecular weight is 298 g/mol. The Hall–Kier alpha value is -2.75. The Morgan fingerprint density at radius 3 is 2.18 bits per heavy atom. The minimum Gasteiger partial charge on any atom is -0.508 e. The van der Waals surface area contributed by atoms with Gasteiger partial charge in [0.05, 0.1) is 5.57 Å². The predicted molar refractivity (Wildman–Crippen MR) is 85.7 cm³/mol. The highest BCUT2D eigenvalue weighted by Crippen LogP contribution is 2.31. The number of aliphatic carboxylic acids is 1. The summed E-state index contributed by atoms with van der Waals surface area (Å²) < 4.78 is 0. The van der Waals surface area contributed by atoms with Gasteiger partial charge in [0.1, 0.15) is 11.5 Å². The molecule has 22 heavy (non-hydrogen) atoms. The van der Waals surface area contributed by atoms with Crippen LogP contribution in [0.3, 0.4) is 0 Å². The molecule has 0 saturated heterocycles. The number of carboxylic acids is 1. The summed E-state index contributed by atoms with van der Waals surface area (Å²) in [6.45, 7) is 1.95. The molecule has 0 aliphatic heterocycles. The first kappa shape index (κ1) is 15.6. The van der Waals surface area contributed by atoms with E-state index in [2.05, 4.69) is 0 Å². The van der Waals surface area contributed by atoms with Crippen molar-refractivity contribution in [3.63, 3.8) is 0 Å². The van der Waals surface area contributed by atoms with Crippen LogP contribution in [-0.4, -0.2) is 21.3 Å². The van der Waals surface area contributed by atoms with Crippen molar-refractivity contribution in [2.45, 2.75) is 19.8 Å². The maximum atomic E-state index is 11.5. The lowest BCUT2D eigenvalue weighted by Gasteiger charge is -2.09. The summed E-state index contributed by atoms with van der Waals surface area (Å²) in [5, 5.41) is 29.3. The summed E-state index contributed by atoms with van der Waals surface area (Å²) in [4.78, 5) is 11.5. The monoisotopic (exact) mass is 298 g/mol. The normalized spacial score (nSPS) is 11.4. The number of phenolic OH excluding ortho intramolecular Hbond substituents is 2. The molecule has 2 aromatic carbocycles. The third kappa shape index (κ3) is 3.47. The highest BCUT2D eigenvalue weighted by molar-refractivity contribution is 6.20. The molecule has 0 heterocycles. The molecule has 0 aliphatic rings. The van der Waals surface area contributed by atoms with E-state index in [0.29, 0.717) is 23.1 Å². The fourth-order valence-corrected chi connectivity index (χ4v) is 2.31. The van der Waals surface area contributed by atoms with Gasteiger partial charge in [-0.3, -0.25) is 0 Å². The van der Waals surface area contributed by atoms with Crippen LogP contribution in [0.2, 0.25) is 0 Å². The van der Waals surface area contributed by atoms with Gasteiger partial charge in [0.15, 0.2) is 0 Å². The van der Waals surface area contributed by atoms with Gasteiger partial charge in [-0.15, -0.1) is 0 Å². The summed E-state index contributed by atoms with van der Waals surface area (Å²) in [6, 6.07) is 11.7. The molecule has 0 aliphatic carbocycles. The zero-order valence-corrected chi connectivity index (χ0v) is 12.3. The van der Waals surface area contributed by atoms with E-state index in [1.54, 1.807) is 30.3 Å². The molecule has 0 bridgehead atoms. The summed E-state index contributed by atoms with van der Waals surface area (Å²) >= 11 is 0. The van der Waals surface area contributed by atoms with Crippen LogP contribution in [0.15, 0.2) is 42.5 Å². The first-order valence-electron chi connectivity index (χ1n) is 7.08. The van der Waals surface area contributed by atoms with Gasteiger partial charge in [-0.25, -0.2) is 4.79 Å². The summed E-state index contributed by atoms with van der Waals surface area (Å²) in [6.07, 6.45) is 2.79. The second kappa shape index (κ2) is 6.80. The van der Waals surface area contributed by atoms with E-state index in [0.717, 1.165) is 6.42 Å². The minimum atomic E-state index is -1.07. The van der Waals surface area contributed by atoms with Gasteiger partial charge in [0.25, 0.3) is 0 Å². The van der Waals surface area contributed by atoms with E-state index in [1.807, 2.05) is 6.92 Å². The number of carbonyl (C=O) groups is 1. The van der Waals surface area contributed by atoms with Gasteiger partial charge in [-0.1, -0.05) is 43.7 Å². The lowest BCUT2D eigenvalue weighted by Crippen LogP contribution is -1.99. The first-order valence-corrected chi connectivity index (χ1v) is 7.08. The SMILES string of the molecule is CCCc1c(O)cc(/C=C(/C(=O)O)c2ccccc2)cc1O. The molecule has 4 heteroatoms. The van der Waals surface area contributed by atoms with Crippen molar-refractivity contribution in [3.05, 3.63) is 59.2 Å². The quantitative estimate of drug-likeness (QED) is 0.581. The van der Waals surface area contributed by atoms with Gasteiger partial charge in [0, 0.05) is 5.56 Å². The summed E-state index contributed by atoms with van der Waals surface area (Å²) in [7, 11) is 0. The highest BCUT2D eigenvalue weighted by atomic mass is 16.4. The molecule has 0 saturated carbocycles. The second-order valence-corrected chi connectivity index (χ2v) is 5.02. The van der Waals surface area contributed by atoms with Crippen LogP contribution >= 0.6 is 0 Å². The Bertz CT molecular complexity index is 679. The minimum absolute atomic E-state index is 0.0223. The van der Waals surface area contributed by atoms with Crippen molar-refractivity contribution in [1.82, 2.24) is 0 Å². The van der Waals surface area contributed by atoms with Crippen LogP contribution < -0.4 is 0 Å². The van der Waals surface area contributed by atoms with E-state index in [1.165, 1.54) is 18.2 Å². The molecule has 0 aromatic heterocycles. The molecular formula is C18H18O4. The van der Waals surface area contributed by atoms with Gasteiger partial charge in [0.2, 0.25) is 0 Å². The van der Waals surface area contributed by atoms with E-state index in [4.69, 9.17) is 0 Å². The predicted octanol–water partition coefficient (Wildman–Crippen LogP) is 3.68. The van der Waals surface area contributed by atoms with E-state index in [9.17, 15) is 20.1 Å². The fourth-order valence-electron chi connectivity index (χ4n) is 2.31. The molecule has 0 unspecified atom stereocenters. The van der Waals surface area contributed by atoms with Gasteiger partial charge in [-0.2, -0.15) is 0 Å². The van der Waals surface area contributed by atoms with Crippen LogP contribution in [0, 0.1) is 0 Å². The fraction of sp³-hybridized carbons (Fsp3) is 0.167. The maximum absolute atomic E-state index is 11.5. The third-order valence-corrected chi connectivity index (χ3v) is 3.35. The number of rotatable bonds is 5. The van der Waals surface area contributed by atoms with Crippen LogP contribution in [0.4, 0.5) is 0 Å². The molecule has 0 spiro atoms. The molecular weight excluding hydrogens is 280 g/mol. The number of phenols is 2. The van der Waals surface area contributed by atoms with E-state index in [-0.39, 0.29) is 17.1 Å². The van der Waals surface area contributed by atoms with Gasteiger partial charge < -0.3 is 15.3 Å². The highest BCUT2D eigenvalue weighted by Gasteiger charge is 2.12. The Morgan fingerprint density at radius 2 is 1.68 bits per heavy atom. The molecule has 0 amide bonds. The Labute approximate surface area is 129 Å². The van der Waals surface area contributed by atoms with Crippen molar-refractivity contribution in [2.24, 2.45) is 0 Å². The van der Waals surface area contributed by atoms with Crippen LogP contribution in [0.5, 0.6) is 11.5 Å². The zero-order chi connectivity index (χ0) is 16.1. The lowest BCUT2D eigenvalue weighted by atomic mass is 10.00. The number of carboxylic acid groups (broad SMARTS) is 1. The molecule has 114 valence electrons. The van der Waals surface area contributed by atoms with Crippen molar-refractivity contribution < 1.29 is 20.1 Å². The van der Waals surface area contributed by atoms with Crippen molar-refractivity contribution in [2.75, 3.05) is 0 Å². The van der Waals surface area contributed by atoms with Crippen LogP contribution in [0.1, 0.15) is 30.0 Å². The lowest BCUT2D eigenvalue weighted by molar-refractivity contribution is -0.130. The van der Waals surface area contributed by atoms with Crippen LogP contribution in [-0.2, 0) is 11.2 Å². The Balaban J connectivity index is 2.48. The van der Waals surface area contributed by atoms with E-state index >= 15 is 0 Å². The number of benzene rings is 2. The smallest absolute Gasteiger partial charge is 0.336 e. The standard InChI is InChI=1S/C18H18O4/c1-2-6-14-16(19)10-12(11-17(14)20)9-15(18(21)22)13-7-4-3-5-8-13/h3-5,7-11,19-20H,2,6H2,1H3,(H,21,22)/b15-9+. The topological polar surface area (TPSA) is 77.8 Å². The first-order chi connectivity index (χ1) is 10.5. The molecule has 0 fully saturated rings. The number of hydrogen-bond donors (Lipinski definition) is 3. The second-order valence-electron chi connectivity index (χ2n) is 5.02. The largest absolute Gasteiger partial charge is 0.508 e. The average Bonchev–Trinajstić information content (AvgIpc) is 2.49. The van der Waals surface area contributed by atoms with Gasteiger partial charge in [-0.05, 0) is 35.8 Å². The Kier molecular flexibility index (Phi) is 4.84. The maximum Gasteiger partial charge on any atom is 0.336 e. The van der Waals surface area contributed by atoms with Crippen molar-refractivity contribution in [3.8, 4) is 11.5 Å². The molecule has 0 radical (unpaired) electrons. The molecule has 2 rings (SSSR count). The molecule has 3 N–H and O–H groups in total. The number of aromatic hydroxyl groups is 2. The Morgan fingerprint density at radius 1 is 1.09 bits per heavy atom. The van der Waals surface area contributed by atoms with Crippen molar-refractivity contribution in [1.29, 1.82) is 0 Å². The van der Waals surface area contributed by atoms with E-state index < -0.39 is 5.97 Å². The van der Waals surface area contributed by atoms with Gasteiger partial charge >= 0.3 is 5.97 Å². The molecule has 0 atom stereocenters. The zero-order valence-electron chi connectivity index (χ0n) is 12.3. The summed E-state index contributed by atoms with van der Waals surface area (Å²) in [5.74, 6) is -1.11. The van der Waals surface area contributed by atoms with Crippen LogP contribution in [0.25, 0.3) is 11.6 Å². The van der Waals surface area contributed by atoms with Crippen molar-refractivity contribution >= 4 is 17.6 Å². The summed E-state index contributed by atoms with van der Waals surface area (Å²) in [5.41, 5.74) is 1.58. The molecule has 2 aromatic rings. The third-order valence-electron chi connectivity index (χ3n) is 3.35. The number of hydrogen-bond acceptors (Lipinski definition) is 3. The molecule has 4 nitrogen and oxygen atoms in total.